The highest BCUT2D eigenvalue weighted by Crippen LogP contribution is 2.33. The second-order valence-electron chi connectivity index (χ2n) is 9.62. The molecule has 3 N–H and O–H groups in total. The molecule has 184 valence electrons. The Morgan fingerprint density at radius 3 is 2.97 bits per heavy atom. The summed E-state index contributed by atoms with van der Waals surface area (Å²) < 4.78 is 0. The van der Waals surface area contributed by atoms with Gasteiger partial charge in [-0.1, -0.05) is 60.2 Å². The summed E-state index contributed by atoms with van der Waals surface area (Å²) in [4.78, 5) is 18.1. The molecule has 0 saturated heterocycles. The quantitative estimate of drug-likeness (QED) is 0.221. The lowest BCUT2D eigenvalue weighted by atomic mass is 9.95. The van der Waals surface area contributed by atoms with Gasteiger partial charge in [-0.15, -0.1) is 0 Å². The van der Waals surface area contributed by atoms with Crippen LogP contribution in [0.2, 0.25) is 0 Å². The molecule has 2 heterocycles. The predicted octanol–water partition coefficient (Wildman–Crippen LogP) is 4.86. The molecule has 3 aromatic rings. The van der Waals surface area contributed by atoms with Crippen LogP contribution in [0, 0.1) is 6.92 Å². The van der Waals surface area contributed by atoms with Crippen molar-refractivity contribution >= 4 is 16.7 Å². The van der Waals surface area contributed by atoms with Crippen molar-refractivity contribution in [3.8, 4) is 0 Å². The number of aliphatic hydroxyl groups is 1. The molecule has 36 heavy (non-hydrogen) atoms. The molecule has 5 heteroatoms. The lowest BCUT2D eigenvalue weighted by molar-refractivity contribution is 0.104. The molecular weight excluding hydrogens is 446 g/mol. The number of hydrogen-bond acceptors (Lipinski definition) is 4. The first kappa shape index (κ1) is 24.0. The lowest BCUT2D eigenvalue weighted by Crippen LogP contribution is -2.40. The van der Waals surface area contributed by atoms with Gasteiger partial charge >= 0.3 is 0 Å². The Labute approximate surface area is 212 Å². The Balaban J connectivity index is 1.16. The number of benzene rings is 2. The number of aliphatic hydroxyl groups excluding tert-OH is 1. The van der Waals surface area contributed by atoms with Crippen LogP contribution in [0.1, 0.15) is 27.9 Å². The molecule has 2 atom stereocenters. The third kappa shape index (κ3) is 5.43. The number of fused-ring (bicyclic) bond motifs is 2. The van der Waals surface area contributed by atoms with Crippen LogP contribution in [-0.2, 0) is 6.42 Å². The summed E-state index contributed by atoms with van der Waals surface area (Å²) in [5.74, 6) is -0.00644. The van der Waals surface area contributed by atoms with Gasteiger partial charge < -0.3 is 20.3 Å². The van der Waals surface area contributed by atoms with Crippen LogP contribution in [0.5, 0.6) is 0 Å². The van der Waals surface area contributed by atoms with Crippen molar-refractivity contribution in [3.05, 3.63) is 119 Å². The first-order valence-electron chi connectivity index (χ1n) is 12.7. The molecule has 1 aliphatic carbocycles. The Morgan fingerprint density at radius 1 is 1.25 bits per heavy atom. The van der Waals surface area contributed by atoms with Gasteiger partial charge in [0.1, 0.15) is 0 Å². The van der Waals surface area contributed by atoms with E-state index in [-0.39, 0.29) is 11.8 Å². The van der Waals surface area contributed by atoms with Gasteiger partial charge in [-0.3, -0.25) is 4.79 Å². The van der Waals surface area contributed by atoms with Gasteiger partial charge in [0.05, 0.1) is 12.1 Å². The van der Waals surface area contributed by atoms with E-state index in [0.29, 0.717) is 18.7 Å². The minimum Gasteiger partial charge on any atom is -0.390 e. The molecule has 0 amide bonds. The first-order chi connectivity index (χ1) is 17.6. The summed E-state index contributed by atoms with van der Waals surface area (Å²) in [5.41, 5.74) is 6.63. The van der Waals surface area contributed by atoms with E-state index in [1.165, 1.54) is 22.1 Å². The zero-order valence-corrected chi connectivity index (χ0v) is 20.7. The molecule has 0 fully saturated rings. The maximum atomic E-state index is 12.5. The molecule has 0 radical (unpaired) electrons. The Hall–Kier alpha value is -3.67. The fourth-order valence-corrected chi connectivity index (χ4v) is 5.05. The van der Waals surface area contributed by atoms with Crippen molar-refractivity contribution in [3.63, 3.8) is 0 Å². The summed E-state index contributed by atoms with van der Waals surface area (Å²) in [7, 11) is 0. The van der Waals surface area contributed by atoms with Crippen LogP contribution < -0.4 is 5.32 Å². The summed E-state index contributed by atoms with van der Waals surface area (Å²) >= 11 is 0. The number of carbonyl (C=O) groups is 1. The van der Waals surface area contributed by atoms with E-state index in [1.54, 1.807) is 6.08 Å². The second kappa shape index (κ2) is 10.9. The van der Waals surface area contributed by atoms with E-state index in [0.717, 1.165) is 30.5 Å². The third-order valence-electron chi connectivity index (χ3n) is 6.94. The molecule has 2 aliphatic rings. The van der Waals surface area contributed by atoms with Crippen LogP contribution >= 0.6 is 0 Å². The van der Waals surface area contributed by atoms with Crippen molar-refractivity contribution in [2.24, 2.45) is 0 Å². The second-order valence-corrected chi connectivity index (χ2v) is 9.62. The monoisotopic (exact) mass is 479 g/mol. The fourth-order valence-electron chi connectivity index (χ4n) is 5.05. The summed E-state index contributed by atoms with van der Waals surface area (Å²) in [5, 5.41) is 15.5. The average molecular weight is 480 g/mol. The molecule has 5 rings (SSSR count). The van der Waals surface area contributed by atoms with E-state index in [4.69, 9.17) is 0 Å². The number of aryl methyl sites for hydroxylation is 1. The highest BCUT2D eigenvalue weighted by Gasteiger charge is 2.30. The van der Waals surface area contributed by atoms with Crippen LogP contribution in [0.3, 0.4) is 0 Å². The van der Waals surface area contributed by atoms with Crippen LogP contribution in [0.25, 0.3) is 10.9 Å². The van der Waals surface area contributed by atoms with Crippen molar-refractivity contribution < 1.29 is 9.90 Å². The summed E-state index contributed by atoms with van der Waals surface area (Å²) in [6, 6.07) is 16.0. The minimum absolute atomic E-state index is 0.00644. The lowest BCUT2D eigenvalue weighted by Gasteiger charge is -2.29. The van der Waals surface area contributed by atoms with Gasteiger partial charge in [0.2, 0.25) is 0 Å². The van der Waals surface area contributed by atoms with Crippen molar-refractivity contribution in [2.75, 3.05) is 19.6 Å². The van der Waals surface area contributed by atoms with Gasteiger partial charge in [-0.25, -0.2) is 0 Å². The Morgan fingerprint density at radius 2 is 2.11 bits per heavy atom. The highest BCUT2D eigenvalue weighted by molar-refractivity contribution is 6.04. The SMILES string of the molecule is Cc1ccc2[nH]cc(CCNC[C@H](O)CN3C=C(/C=C/C(=O)c4ccccc4)C4=CC=CC[C@@H]43)c2c1. The minimum atomic E-state index is -0.493. The smallest absolute Gasteiger partial charge is 0.185 e. The fraction of sp³-hybridized carbons (Fsp3) is 0.258. The Kier molecular flexibility index (Phi) is 7.31. The van der Waals surface area contributed by atoms with Crippen LogP contribution in [-0.4, -0.2) is 52.6 Å². The van der Waals surface area contributed by atoms with Gasteiger partial charge in [-0.05, 0) is 67.3 Å². The van der Waals surface area contributed by atoms with Gasteiger partial charge in [0, 0.05) is 42.0 Å². The number of allylic oxidation sites excluding steroid dienone is 4. The number of aromatic amines is 1. The van der Waals surface area contributed by atoms with Gasteiger partial charge in [-0.2, -0.15) is 0 Å². The first-order valence-corrected chi connectivity index (χ1v) is 12.7. The van der Waals surface area contributed by atoms with E-state index < -0.39 is 6.10 Å². The molecular formula is C31H33N3O2. The van der Waals surface area contributed by atoms with Crippen molar-refractivity contribution in [1.82, 2.24) is 15.2 Å². The van der Waals surface area contributed by atoms with E-state index >= 15 is 0 Å². The normalized spacial score (nSPS) is 17.9. The maximum Gasteiger partial charge on any atom is 0.185 e. The predicted molar refractivity (Wildman–Crippen MR) is 146 cm³/mol. The van der Waals surface area contributed by atoms with E-state index in [9.17, 15) is 9.90 Å². The molecule has 0 spiro atoms. The number of aromatic nitrogens is 1. The van der Waals surface area contributed by atoms with Crippen LogP contribution in [0.15, 0.2) is 102 Å². The molecule has 0 unspecified atom stereocenters. The summed E-state index contributed by atoms with van der Waals surface area (Å²) in [6.07, 6.45) is 15.4. The van der Waals surface area contributed by atoms with Gasteiger partial charge in [0.15, 0.2) is 5.78 Å². The van der Waals surface area contributed by atoms with E-state index in [1.807, 2.05) is 36.4 Å². The zero-order chi connectivity index (χ0) is 24.9. The van der Waals surface area contributed by atoms with Crippen molar-refractivity contribution in [1.29, 1.82) is 0 Å². The highest BCUT2D eigenvalue weighted by atomic mass is 16.3. The number of β-amino-alcohol motifs (C(OH)–C–C–N with tert-alkyl or cyclic N) is 1. The average Bonchev–Trinajstić information content (AvgIpc) is 3.46. The van der Waals surface area contributed by atoms with Gasteiger partial charge in [0.25, 0.3) is 0 Å². The number of carbonyl (C=O) groups excluding carboxylic acids is 1. The number of hydrogen-bond donors (Lipinski definition) is 3. The zero-order valence-electron chi connectivity index (χ0n) is 20.7. The van der Waals surface area contributed by atoms with Crippen LogP contribution in [0.4, 0.5) is 0 Å². The number of nitrogens with zero attached hydrogens (tertiary/aromatic N) is 1. The molecule has 5 nitrogen and oxygen atoms in total. The molecule has 1 aromatic heterocycles. The van der Waals surface area contributed by atoms with E-state index in [2.05, 4.69) is 70.9 Å². The number of rotatable bonds is 10. The number of ketones is 1. The molecule has 2 aromatic carbocycles. The maximum absolute atomic E-state index is 12.5. The number of nitrogens with one attached hydrogen (secondary N) is 2. The standard InChI is InChI=1S/C31H33N3O2/c1-22-11-13-29-28(17-22)24(18-33-29)15-16-32-19-26(35)21-34-20-25(27-9-5-6-10-30(27)34)12-14-31(36)23-7-3-2-4-8-23/h2-9,11-14,17-18,20,26,30,32-33,35H,10,15-16,19,21H2,1H3/b14-12+/t26-,30-/m0/s1. The third-order valence-corrected chi connectivity index (χ3v) is 6.94. The Bertz CT molecular complexity index is 1350. The van der Waals surface area contributed by atoms with Crippen molar-refractivity contribution in [2.45, 2.75) is 31.9 Å². The molecule has 0 bridgehead atoms. The largest absolute Gasteiger partial charge is 0.390 e. The summed E-state index contributed by atoms with van der Waals surface area (Å²) in [6.45, 7) is 3.99. The molecule has 0 saturated carbocycles. The topological polar surface area (TPSA) is 68.4 Å². The molecule has 1 aliphatic heterocycles. The number of H-pyrrole nitrogens is 1.